The van der Waals surface area contributed by atoms with E-state index >= 15 is 0 Å². The van der Waals surface area contributed by atoms with Crippen molar-refractivity contribution in [3.05, 3.63) is 173 Å². The monoisotopic (exact) mass is 1000 g/mol. The summed E-state index contributed by atoms with van der Waals surface area (Å²) >= 11 is 0. The number of benzene rings is 6. The lowest BCUT2D eigenvalue weighted by molar-refractivity contribution is 0.438. The van der Waals surface area contributed by atoms with Crippen molar-refractivity contribution in [3.8, 4) is 34.5 Å². The molecule has 0 radical (unpaired) electrons. The van der Waals surface area contributed by atoms with Gasteiger partial charge in [0.25, 0.3) is 0 Å². The highest BCUT2D eigenvalue weighted by atomic mass is 16.3. The summed E-state index contributed by atoms with van der Waals surface area (Å²) in [6, 6.07) is 24.4. The largest absolute Gasteiger partial charge is 0.508 e. The lowest BCUT2D eigenvalue weighted by Crippen LogP contribution is -2.17. The summed E-state index contributed by atoms with van der Waals surface area (Å²) in [4.78, 5) is 0. The Morgan fingerprint density at radius 1 is 0.324 bits per heavy atom. The number of phenolic OH excluding ortho intramolecular Hbond substituents is 6. The lowest BCUT2D eigenvalue weighted by atomic mass is 9.74. The van der Waals surface area contributed by atoms with E-state index in [4.69, 9.17) is 0 Å². The van der Waals surface area contributed by atoms with Crippen LogP contribution in [0.1, 0.15) is 229 Å². The van der Waals surface area contributed by atoms with Crippen molar-refractivity contribution < 1.29 is 30.6 Å². The van der Waals surface area contributed by atoms with Crippen LogP contribution in [0.15, 0.2) is 72.8 Å². The molecule has 1 unspecified atom stereocenters. The molecule has 400 valence electrons. The van der Waals surface area contributed by atoms with Gasteiger partial charge in [-0.1, -0.05) is 182 Å². The van der Waals surface area contributed by atoms with Crippen LogP contribution < -0.4 is 0 Å². The highest BCUT2D eigenvalue weighted by Crippen LogP contribution is 2.46. The molecular formula is C68H92O6. The smallest absolute Gasteiger partial charge is 0.122 e. The Morgan fingerprint density at radius 2 is 0.581 bits per heavy atom. The highest BCUT2D eigenvalue weighted by Gasteiger charge is 2.31. The molecule has 6 aromatic carbocycles. The van der Waals surface area contributed by atoms with E-state index in [2.05, 4.69) is 150 Å². The van der Waals surface area contributed by atoms with Crippen LogP contribution in [0.5, 0.6) is 34.5 Å². The van der Waals surface area contributed by atoms with E-state index in [-0.39, 0.29) is 44.7 Å². The first-order chi connectivity index (χ1) is 33.7. The first kappa shape index (κ1) is 59.0. The minimum atomic E-state index is -0.210. The topological polar surface area (TPSA) is 121 Å². The Balaban J connectivity index is 0.000000278. The molecule has 0 heterocycles. The minimum Gasteiger partial charge on any atom is -0.508 e. The van der Waals surface area contributed by atoms with Gasteiger partial charge < -0.3 is 30.6 Å². The van der Waals surface area contributed by atoms with Crippen molar-refractivity contribution in [2.75, 3.05) is 0 Å². The van der Waals surface area contributed by atoms with E-state index in [1.165, 1.54) is 16.7 Å². The second kappa shape index (κ2) is 21.4. The van der Waals surface area contributed by atoms with Gasteiger partial charge in [0.15, 0.2) is 0 Å². The van der Waals surface area contributed by atoms with Crippen LogP contribution in [0.3, 0.4) is 0 Å². The lowest BCUT2D eigenvalue weighted by Gasteiger charge is -2.31. The van der Waals surface area contributed by atoms with Crippen molar-refractivity contribution in [2.24, 2.45) is 0 Å². The quantitative estimate of drug-likeness (QED) is 0.0858. The molecule has 0 fully saturated rings. The zero-order valence-electron chi connectivity index (χ0n) is 49.4. The van der Waals surface area contributed by atoms with Gasteiger partial charge in [-0.05, 0) is 183 Å². The first-order valence-electron chi connectivity index (χ1n) is 26.7. The maximum Gasteiger partial charge on any atom is 0.122 e. The molecule has 0 saturated heterocycles. The van der Waals surface area contributed by atoms with Crippen molar-refractivity contribution in [1.82, 2.24) is 0 Å². The highest BCUT2D eigenvalue weighted by molar-refractivity contribution is 5.57. The van der Waals surface area contributed by atoms with Crippen LogP contribution in [0.2, 0.25) is 0 Å². The van der Waals surface area contributed by atoms with Gasteiger partial charge in [-0.15, -0.1) is 0 Å². The van der Waals surface area contributed by atoms with Crippen LogP contribution >= 0.6 is 0 Å². The summed E-state index contributed by atoms with van der Waals surface area (Å²) < 4.78 is 0. The number of rotatable bonds is 9. The summed E-state index contributed by atoms with van der Waals surface area (Å²) in [6.45, 7) is 46.4. The molecular weight excluding hydrogens is 913 g/mol. The fraction of sp³-hybridized carbons (Fsp3) is 0.471. The molecule has 0 saturated carbocycles. The minimum absolute atomic E-state index is 0.0460. The van der Waals surface area contributed by atoms with E-state index in [1.807, 2.05) is 75.4 Å². The predicted octanol–water partition coefficient (Wildman–Crippen LogP) is 17.5. The summed E-state index contributed by atoms with van der Waals surface area (Å²) in [6.07, 6.45) is 1.72. The van der Waals surface area contributed by atoms with Crippen molar-refractivity contribution in [2.45, 2.75) is 210 Å². The third-order valence-electron chi connectivity index (χ3n) is 14.9. The van der Waals surface area contributed by atoms with Crippen LogP contribution in [-0.4, -0.2) is 30.6 Å². The number of aromatic hydroxyl groups is 6. The molecule has 0 aliphatic heterocycles. The van der Waals surface area contributed by atoms with Crippen LogP contribution in [0.25, 0.3) is 0 Å². The average Bonchev–Trinajstić information content (AvgIpc) is 3.22. The molecule has 0 spiro atoms. The fourth-order valence-electron chi connectivity index (χ4n) is 10.8. The zero-order valence-corrected chi connectivity index (χ0v) is 49.4. The standard InChI is InChI=1S/C37H52O3.C31H40O3/c1-21(25-18-29(35(5,6)7)32(38)15-22(25)2)14-28(26-19-30(36(8,9)10)33(39)16-23(26)3)27-20-31(37(11,12)13)34(40)17-24(27)4;1-18-10-21(16-23-12-19(2)14-25(28(23)33)30(4,5)6)27(32)22(11-18)17-24-13-20(3)15-26(29(24)34)31(7,8)9/h15-21,28,38-40H,14H2,1-13H3;10-15,32-34H,16-17H2,1-9H3. The number of hydrogen-bond donors (Lipinski definition) is 6. The molecule has 6 aromatic rings. The van der Waals surface area contributed by atoms with Crippen LogP contribution in [0.4, 0.5) is 0 Å². The molecule has 1 atom stereocenters. The average molecular weight is 1010 g/mol. The summed E-state index contributed by atoms with van der Waals surface area (Å²) in [5.74, 6) is 2.09. The van der Waals surface area contributed by atoms with Gasteiger partial charge in [0.1, 0.15) is 34.5 Å². The summed E-state index contributed by atoms with van der Waals surface area (Å²) in [5.41, 5.74) is 17.0. The molecule has 0 bridgehead atoms. The Labute approximate surface area is 446 Å². The van der Waals surface area contributed by atoms with Crippen molar-refractivity contribution >= 4 is 0 Å². The normalized spacial score (nSPS) is 13.0. The van der Waals surface area contributed by atoms with Gasteiger partial charge in [-0.25, -0.2) is 0 Å². The van der Waals surface area contributed by atoms with E-state index < -0.39 is 0 Å². The zero-order chi connectivity index (χ0) is 56.1. The molecule has 0 aliphatic rings. The molecule has 6 heteroatoms. The molecule has 0 aromatic heterocycles. The fourth-order valence-corrected chi connectivity index (χ4v) is 10.8. The van der Waals surface area contributed by atoms with Crippen molar-refractivity contribution in [3.63, 3.8) is 0 Å². The number of hydrogen-bond acceptors (Lipinski definition) is 6. The van der Waals surface area contributed by atoms with E-state index in [0.717, 1.165) is 89.9 Å². The first-order valence-corrected chi connectivity index (χ1v) is 26.7. The molecule has 0 aliphatic carbocycles. The second-order valence-electron chi connectivity index (χ2n) is 27.0. The molecule has 6 nitrogen and oxygen atoms in total. The Kier molecular flexibility index (Phi) is 17.1. The molecule has 6 rings (SSSR count). The second-order valence-corrected chi connectivity index (χ2v) is 27.0. The Morgan fingerprint density at radius 3 is 0.878 bits per heavy atom. The maximum absolute atomic E-state index is 11.3. The summed E-state index contributed by atoms with van der Waals surface area (Å²) in [7, 11) is 0. The van der Waals surface area contributed by atoms with Gasteiger partial charge in [-0.2, -0.15) is 0 Å². The van der Waals surface area contributed by atoms with Gasteiger partial charge in [0.2, 0.25) is 0 Å². The van der Waals surface area contributed by atoms with Crippen LogP contribution in [0, 0.1) is 41.5 Å². The summed E-state index contributed by atoms with van der Waals surface area (Å²) in [5, 5.41) is 65.9. The van der Waals surface area contributed by atoms with Crippen molar-refractivity contribution in [1.29, 1.82) is 0 Å². The van der Waals surface area contributed by atoms with Crippen LogP contribution in [-0.2, 0) is 39.9 Å². The Bertz CT molecular complexity index is 2860. The van der Waals surface area contributed by atoms with E-state index in [0.29, 0.717) is 41.6 Å². The predicted molar refractivity (Wildman–Crippen MR) is 311 cm³/mol. The molecule has 0 amide bonds. The SMILES string of the molecule is Cc1cc(Cc2cc(C)cc(C(C)(C)C)c2O)c(O)c(Cc2cc(C)cc(C(C)(C)C)c2O)c1.Cc1cc(O)c(C(C)(C)C)cc1C(C)CC(c1cc(C(C)(C)C)c(O)cc1C)c1cc(C(C)(C)C)c(O)cc1C. The van der Waals surface area contributed by atoms with E-state index in [9.17, 15) is 30.6 Å². The molecule has 6 N–H and O–H groups in total. The van der Waals surface area contributed by atoms with E-state index in [1.54, 1.807) is 0 Å². The van der Waals surface area contributed by atoms with Gasteiger partial charge >= 0.3 is 0 Å². The maximum atomic E-state index is 11.3. The van der Waals surface area contributed by atoms with Gasteiger partial charge in [-0.3, -0.25) is 0 Å². The number of phenols is 6. The Hall–Kier alpha value is -5.88. The molecule has 74 heavy (non-hydrogen) atoms. The van der Waals surface area contributed by atoms with Gasteiger partial charge in [0.05, 0.1) is 0 Å². The number of aryl methyl sites for hydroxylation is 6. The third-order valence-corrected chi connectivity index (χ3v) is 14.9. The third kappa shape index (κ3) is 13.5. The van der Waals surface area contributed by atoms with Gasteiger partial charge in [0, 0.05) is 18.8 Å².